The smallest absolute Gasteiger partial charge is 0.233 e. The van der Waals surface area contributed by atoms with Crippen LogP contribution in [0.3, 0.4) is 0 Å². The van der Waals surface area contributed by atoms with Crippen molar-refractivity contribution in [2.45, 2.75) is 19.8 Å². The minimum Gasteiger partial charge on any atom is -0.492 e. The fraction of sp³-hybridized carbons (Fsp3) is 0.467. The van der Waals surface area contributed by atoms with Gasteiger partial charge in [0.1, 0.15) is 12.2 Å². The highest BCUT2D eigenvalue weighted by Crippen LogP contribution is 2.23. The monoisotopic (exact) mass is 294 g/mol. The standard InChI is InChI=1S/C15H22N2O4/c1-3-21-13-8-5-4-7-12(13)17-15(19)11-14(18)16-9-6-10-20-2/h4-5,7-8H,3,6,9-11H2,1-2H3,(H,16,18)(H,17,19). The van der Waals surface area contributed by atoms with Crippen molar-refractivity contribution in [1.82, 2.24) is 5.32 Å². The molecule has 0 saturated heterocycles. The van der Waals surface area contributed by atoms with Crippen LogP contribution in [0.15, 0.2) is 24.3 Å². The summed E-state index contributed by atoms with van der Waals surface area (Å²) in [5.74, 6) is -0.0854. The molecule has 0 unspecified atom stereocenters. The van der Waals surface area contributed by atoms with E-state index in [1.54, 1.807) is 25.3 Å². The molecule has 6 heteroatoms. The van der Waals surface area contributed by atoms with Crippen molar-refractivity contribution >= 4 is 17.5 Å². The Morgan fingerprint density at radius 3 is 2.67 bits per heavy atom. The molecule has 0 spiro atoms. The first-order valence-electron chi connectivity index (χ1n) is 6.94. The Hall–Kier alpha value is -2.08. The molecule has 0 bridgehead atoms. The van der Waals surface area contributed by atoms with Crippen LogP contribution in [0.2, 0.25) is 0 Å². The minimum atomic E-state index is -0.369. The predicted octanol–water partition coefficient (Wildman–Crippen LogP) is 1.57. The van der Waals surface area contributed by atoms with Crippen LogP contribution >= 0.6 is 0 Å². The average molecular weight is 294 g/mol. The summed E-state index contributed by atoms with van der Waals surface area (Å²) in [6.07, 6.45) is 0.504. The van der Waals surface area contributed by atoms with Crippen molar-refractivity contribution in [3.05, 3.63) is 24.3 Å². The summed E-state index contributed by atoms with van der Waals surface area (Å²) in [5, 5.41) is 5.34. The van der Waals surface area contributed by atoms with E-state index in [-0.39, 0.29) is 18.2 Å². The summed E-state index contributed by atoms with van der Waals surface area (Å²) in [5.41, 5.74) is 0.566. The van der Waals surface area contributed by atoms with Gasteiger partial charge in [-0.1, -0.05) is 12.1 Å². The van der Waals surface area contributed by atoms with Gasteiger partial charge in [-0.15, -0.1) is 0 Å². The Morgan fingerprint density at radius 1 is 1.19 bits per heavy atom. The Bertz CT molecular complexity index is 463. The molecule has 1 rings (SSSR count). The van der Waals surface area contributed by atoms with Gasteiger partial charge in [-0.05, 0) is 25.5 Å². The van der Waals surface area contributed by atoms with E-state index < -0.39 is 0 Å². The minimum absolute atomic E-state index is 0.215. The highest BCUT2D eigenvalue weighted by molar-refractivity contribution is 6.04. The first kappa shape index (κ1) is 17.0. The van der Waals surface area contributed by atoms with Gasteiger partial charge in [-0.25, -0.2) is 0 Å². The third-order valence-electron chi connectivity index (χ3n) is 2.63. The number of nitrogens with one attached hydrogen (secondary N) is 2. The molecule has 0 saturated carbocycles. The van der Waals surface area contributed by atoms with Crippen molar-refractivity contribution in [2.75, 3.05) is 32.2 Å². The zero-order chi connectivity index (χ0) is 15.5. The molecule has 0 heterocycles. The van der Waals surface area contributed by atoms with Crippen molar-refractivity contribution < 1.29 is 19.1 Å². The molecule has 0 aliphatic heterocycles. The third-order valence-corrected chi connectivity index (χ3v) is 2.63. The van der Waals surface area contributed by atoms with E-state index in [1.807, 2.05) is 13.0 Å². The number of hydrogen-bond donors (Lipinski definition) is 2. The lowest BCUT2D eigenvalue weighted by molar-refractivity contribution is -0.126. The molecule has 0 aliphatic rings. The van der Waals surface area contributed by atoms with Gasteiger partial charge in [0.15, 0.2) is 0 Å². The number of ether oxygens (including phenoxy) is 2. The van der Waals surface area contributed by atoms with E-state index in [1.165, 1.54) is 0 Å². The molecule has 0 aromatic heterocycles. The van der Waals surface area contributed by atoms with Gasteiger partial charge in [-0.3, -0.25) is 9.59 Å². The van der Waals surface area contributed by atoms with Gasteiger partial charge in [0.2, 0.25) is 11.8 Å². The molecule has 2 N–H and O–H groups in total. The average Bonchev–Trinajstić information content (AvgIpc) is 2.46. The zero-order valence-electron chi connectivity index (χ0n) is 12.5. The number of hydrogen-bond acceptors (Lipinski definition) is 4. The summed E-state index contributed by atoms with van der Waals surface area (Å²) in [7, 11) is 1.60. The molecule has 6 nitrogen and oxygen atoms in total. The third kappa shape index (κ3) is 6.76. The molecule has 0 atom stereocenters. The molecular formula is C15H22N2O4. The second-order valence-corrected chi connectivity index (χ2v) is 4.35. The lowest BCUT2D eigenvalue weighted by Gasteiger charge is -2.11. The summed E-state index contributed by atoms with van der Waals surface area (Å²) < 4.78 is 10.3. The van der Waals surface area contributed by atoms with Crippen LogP contribution in [0.1, 0.15) is 19.8 Å². The molecule has 1 aromatic carbocycles. The van der Waals surface area contributed by atoms with Crippen LogP contribution in [-0.4, -0.2) is 38.7 Å². The quantitative estimate of drug-likeness (QED) is 0.535. The number of benzene rings is 1. The maximum Gasteiger partial charge on any atom is 0.233 e. The Kier molecular flexibility index (Phi) is 7.89. The van der Waals surface area contributed by atoms with Gasteiger partial charge >= 0.3 is 0 Å². The molecular weight excluding hydrogens is 272 g/mol. The molecule has 0 radical (unpaired) electrons. The topological polar surface area (TPSA) is 76.7 Å². The van der Waals surface area contributed by atoms with Gasteiger partial charge in [-0.2, -0.15) is 0 Å². The van der Waals surface area contributed by atoms with E-state index in [2.05, 4.69) is 10.6 Å². The van der Waals surface area contributed by atoms with E-state index >= 15 is 0 Å². The van der Waals surface area contributed by atoms with E-state index in [4.69, 9.17) is 9.47 Å². The van der Waals surface area contributed by atoms with E-state index in [0.717, 1.165) is 6.42 Å². The molecule has 1 aromatic rings. The number of carbonyl (C=O) groups is 2. The Labute approximate surface area is 124 Å². The number of amides is 2. The maximum absolute atomic E-state index is 11.8. The van der Waals surface area contributed by atoms with Crippen LogP contribution in [0.4, 0.5) is 5.69 Å². The summed E-state index contributed by atoms with van der Waals surface area (Å²) >= 11 is 0. The fourth-order valence-corrected chi connectivity index (χ4v) is 1.70. The van der Waals surface area contributed by atoms with Crippen LogP contribution in [0, 0.1) is 0 Å². The van der Waals surface area contributed by atoms with Gasteiger partial charge < -0.3 is 20.1 Å². The first-order chi connectivity index (χ1) is 10.2. The lowest BCUT2D eigenvalue weighted by Crippen LogP contribution is -2.29. The first-order valence-corrected chi connectivity index (χ1v) is 6.94. The van der Waals surface area contributed by atoms with Crippen molar-refractivity contribution in [1.29, 1.82) is 0 Å². The van der Waals surface area contributed by atoms with E-state index in [9.17, 15) is 9.59 Å². The number of anilines is 1. The number of carbonyl (C=O) groups excluding carboxylic acids is 2. The molecule has 21 heavy (non-hydrogen) atoms. The number of methoxy groups -OCH3 is 1. The molecule has 0 aliphatic carbocycles. The predicted molar refractivity (Wildman–Crippen MR) is 80.4 cm³/mol. The summed E-state index contributed by atoms with van der Waals surface area (Å²) in [6, 6.07) is 7.12. The zero-order valence-corrected chi connectivity index (χ0v) is 12.5. The Morgan fingerprint density at radius 2 is 1.95 bits per heavy atom. The maximum atomic E-state index is 11.8. The van der Waals surface area contributed by atoms with Crippen LogP contribution in [0.25, 0.3) is 0 Å². The summed E-state index contributed by atoms with van der Waals surface area (Å²) in [6.45, 7) is 3.45. The normalized spacial score (nSPS) is 10.0. The van der Waals surface area contributed by atoms with Gasteiger partial charge in [0, 0.05) is 20.3 Å². The second kappa shape index (κ2) is 9.77. The van der Waals surface area contributed by atoms with Crippen LogP contribution in [0.5, 0.6) is 5.75 Å². The lowest BCUT2D eigenvalue weighted by atomic mass is 10.2. The van der Waals surface area contributed by atoms with Crippen LogP contribution in [-0.2, 0) is 14.3 Å². The summed E-state index contributed by atoms with van der Waals surface area (Å²) in [4.78, 5) is 23.4. The van der Waals surface area contributed by atoms with Gasteiger partial charge in [0.05, 0.1) is 12.3 Å². The number of para-hydroxylation sites is 2. The highest BCUT2D eigenvalue weighted by atomic mass is 16.5. The van der Waals surface area contributed by atoms with Gasteiger partial charge in [0.25, 0.3) is 0 Å². The fourth-order valence-electron chi connectivity index (χ4n) is 1.70. The van der Waals surface area contributed by atoms with E-state index in [0.29, 0.717) is 31.2 Å². The molecule has 116 valence electrons. The van der Waals surface area contributed by atoms with Crippen molar-refractivity contribution in [3.8, 4) is 5.75 Å². The molecule has 0 fully saturated rings. The van der Waals surface area contributed by atoms with Crippen molar-refractivity contribution in [2.24, 2.45) is 0 Å². The highest BCUT2D eigenvalue weighted by Gasteiger charge is 2.11. The second-order valence-electron chi connectivity index (χ2n) is 4.35. The molecule has 2 amide bonds. The van der Waals surface area contributed by atoms with Crippen molar-refractivity contribution in [3.63, 3.8) is 0 Å². The Balaban J connectivity index is 2.41. The van der Waals surface area contributed by atoms with Crippen LogP contribution < -0.4 is 15.4 Å². The number of rotatable bonds is 9. The SMILES string of the molecule is CCOc1ccccc1NC(=O)CC(=O)NCCCOC. The largest absolute Gasteiger partial charge is 0.492 e.